The van der Waals surface area contributed by atoms with Crippen LogP contribution in [0.1, 0.15) is 152 Å². The third-order valence-corrected chi connectivity index (χ3v) is 9.90. The van der Waals surface area contributed by atoms with Crippen molar-refractivity contribution in [2.45, 2.75) is 119 Å². The maximum absolute atomic E-state index is 8.70. The quantitative estimate of drug-likeness (QED) is 0.159. The minimum absolute atomic E-state index is 0.464. The molecule has 0 fully saturated rings. The molecule has 6 heteroatoms. The number of rotatable bonds is 10. The third-order valence-electron chi connectivity index (χ3n) is 8.99. The standard InChI is InChI=1S/C22H30O.C15H23Br.C7H9BO3/c1-14(2)18-12-20(15(3)4)22(21(13-18)16(5)6)17-8-10-19(23-7)11-9-17;1-9(2)12-7-13(10(3)4)15(16)14(8-12)11(5)6;1-11-7-4-2-6(3-5-7)8(9)10/h8-16H,1-7H3;7-11H,1-6H3;2-5,9-10H,1H3. The topological polar surface area (TPSA) is 58.9 Å². The molecule has 0 unspecified atom stereocenters. The maximum atomic E-state index is 8.70. The van der Waals surface area contributed by atoms with Gasteiger partial charge in [-0.05, 0) is 110 Å². The molecule has 0 aliphatic rings. The number of methoxy groups -OCH3 is 2. The predicted molar refractivity (Wildman–Crippen MR) is 220 cm³/mol. The molecule has 4 aromatic rings. The van der Waals surface area contributed by atoms with Crippen LogP contribution in [-0.4, -0.2) is 31.4 Å². The Hall–Kier alpha value is -3.06. The van der Waals surface area contributed by atoms with Crippen LogP contribution in [0, 0.1) is 0 Å². The van der Waals surface area contributed by atoms with Gasteiger partial charge in [0.1, 0.15) is 11.5 Å². The third kappa shape index (κ3) is 12.0. The Kier molecular flexibility index (Phi) is 17.3. The molecule has 2 N–H and O–H groups in total. The second-order valence-electron chi connectivity index (χ2n) is 14.9. The van der Waals surface area contributed by atoms with Crippen molar-refractivity contribution in [1.29, 1.82) is 0 Å². The van der Waals surface area contributed by atoms with Gasteiger partial charge in [-0.1, -0.05) is 148 Å². The molecule has 50 heavy (non-hydrogen) atoms. The lowest BCUT2D eigenvalue weighted by Gasteiger charge is -2.23. The van der Waals surface area contributed by atoms with E-state index in [1.807, 2.05) is 0 Å². The van der Waals surface area contributed by atoms with E-state index in [-0.39, 0.29) is 0 Å². The van der Waals surface area contributed by atoms with E-state index < -0.39 is 7.12 Å². The molecular formula is C44H62BBrO4. The van der Waals surface area contributed by atoms with Gasteiger partial charge < -0.3 is 19.5 Å². The average Bonchev–Trinajstić information content (AvgIpc) is 3.07. The van der Waals surface area contributed by atoms with E-state index in [4.69, 9.17) is 19.5 Å². The molecule has 272 valence electrons. The lowest BCUT2D eigenvalue weighted by atomic mass is 9.80. The summed E-state index contributed by atoms with van der Waals surface area (Å²) in [4.78, 5) is 0. The monoisotopic (exact) mass is 744 g/mol. The number of halogens is 1. The first-order valence-electron chi connectivity index (χ1n) is 18.1. The Morgan fingerprint density at radius 2 is 0.800 bits per heavy atom. The smallest absolute Gasteiger partial charge is 0.488 e. The average molecular weight is 746 g/mol. The van der Waals surface area contributed by atoms with Gasteiger partial charge in [-0.2, -0.15) is 0 Å². The zero-order valence-corrected chi connectivity index (χ0v) is 34.6. The molecule has 4 nitrogen and oxygen atoms in total. The van der Waals surface area contributed by atoms with Crippen LogP contribution in [0.4, 0.5) is 0 Å². The first-order chi connectivity index (χ1) is 23.4. The summed E-state index contributed by atoms with van der Waals surface area (Å²) < 4.78 is 11.5. The molecule has 4 rings (SSSR count). The molecule has 0 heterocycles. The molecule has 0 spiro atoms. The Balaban J connectivity index is 0.000000279. The molecule has 0 amide bonds. The van der Waals surface area contributed by atoms with E-state index >= 15 is 0 Å². The fourth-order valence-electron chi connectivity index (χ4n) is 5.69. The maximum Gasteiger partial charge on any atom is 0.488 e. The van der Waals surface area contributed by atoms with Crippen LogP contribution in [-0.2, 0) is 0 Å². The van der Waals surface area contributed by atoms with E-state index in [0.717, 1.165) is 5.75 Å². The van der Waals surface area contributed by atoms with Crippen LogP contribution in [0.5, 0.6) is 11.5 Å². The fourth-order valence-corrected chi connectivity index (χ4v) is 6.84. The van der Waals surface area contributed by atoms with E-state index in [2.05, 4.69) is 148 Å². The number of ether oxygens (including phenoxy) is 2. The minimum Gasteiger partial charge on any atom is -0.497 e. The van der Waals surface area contributed by atoms with Gasteiger partial charge >= 0.3 is 7.12 Å². The highest BCUT2D eigenvalue weighted by Gasteiger charge is 2.19. The molecule has 0 aliphatic heterocycles. The van der Waals surface area contributed by atoms with Gasteiger partial charge in [0.2, 0.25) is 0 Å². The van der Waals surface area contributed by atoms with Crippen molar-refractivity contribution in [3.63, 3.8) is 0 Å². The van der Waals surface area contributed by atoms with Crippen molar-refractivity contribution in [2.75, 3.05) is 14.2 Å². The van der Waals surface area contributed by atoms with Crippen LogP contribution in [0.25, 0.3) is 11.1 Å². The normalized spacial score (nSPS) is 11.2. The van der Waals surface area contributed by atoms with E-state index in [1.54, 1.807) is 38.5 Å². The van der Waals surface area contributed by atoms with Gasteiger partial charge in [-0.15, -0.1) is 0 Å². The highest BCUT2D eigenvalue weighted by Crippen LogP contribution is 2.39. The molecule has 0 saturated carbocycles. The Morgan fingerprint density at radius 1 is 0.480 bits per heavy atom. The van der Waals surface area contributed by atoms with Crippen molar-refractivity contribution in [1.82, 2.24) is 0 Å². The van der Waals surface area contributed by atoms with Crippen molar-refractivity contribution < 1.29 is 19.5 Å². The lowest BCUT2D eigenvalue weighted by molar-refractivity contribution is 0.414. The molecular weight excluding hydrogens is 683 g/mol. The van der Waals surface area contributed by atoms with Gasteiger partial charge in [0, 0.05) is 4.47 Å². The minimum atomic E-state index is -1.40. The summed E-state index contributed by atoms with van der Waals surface area (Å²) in [7, 11) is 1.87. The Labute approximate surface area is 312 Å². The van der Waals surface area contributed by atoms with Gasteiger partial charge in [-0.25, -0.2) is 0 Å². The summed E-state index contributed by atoms with van der Waals surface area (Å²) in [6.07, 6.45) is 0. The molecule has 0 aliphatic carbocycles. The molecule has 0 atom stereocenters. The van der Waals surface area contributed by atoms with Crippen molar-refractivity contribution in [3.05, 3.63) is 111 Å². The molecule has 0 saturated heterocycles. The Bertz CT molecular complexity index is 1550. The summed E-state index contributed by atoms with van der Waals surface area (Å²) >= 11 is 3.77. The van der Waals surface area contributed by atoms with E-state index in [1.165, 1.54) is 49.0 Å². The summed E-state index contributed by atoms with van der Waals surface area (Å²) in [6.45, 7) is 27.3. The Morgan fingerprint density at radius 3 is 1.08 bits per heavy atom. The molecule has 0 radical (unpaired) electrons. The van der Waals surface area contributed by atoms with Crippen molar-refractivity contribution in [2.24, 2.45) is 0 Å². The second kappa shape index (κ2) is 20.1. The van der Waals surface area contributed by atoms with E-state index in [0.29, 0.717) is 46.7 Å². The molecule has 0 bridgehead atoms. The number of benzene rings is 4. The number of hydrogen-bond donors (Lipinski definition) is 2. The molecule has 0 aromatic heterocycles. The summed E-state index contributed by atoms with van der Waals surface area (Å²) in [6, 6.07) is 24.5. The highest BCUT2D eigenvalue weighted by molar-refractivity contribution is 9.10. The lowest BCUT2D eigenvalue weighted by Crippen LogP contribution is -2.29. The van der Waals surface area contributed by atoms with Gasteiger partial charge in [0.05, 0.1) is 14.2 Å². The summed E-state index contributed by atoms with van der Waals surface area (Å²) in [5.41, 5.74) is 11.8. The largest absolute Gasteiger partial charge is 0.497 e. The SMILES string of the molecule is CC(C)c1cc(C(C)C)c(Br)c(C(C)C)c1.COc1ccc(-c2c(C(C)C)cc(C(C)C)cc2C(C)C)cc1.COc1ccc(B(O)O)cc1. The first-order valence-corrected chi connectivity index (χ1v) is 18.9. The first kappa shape index (κ1) is 43.1. The predicted octanol–water partition coefficient (Wildman–Crippen LogP) is 11.9. The van der Waals surface area contributed by atoms with Gasteiger partial charge in [-0.3, -0.25) is 0 Å². The summed E-state index contributed by atoms with van der Waals surface area (Å²) in [5.74, 6) is 4.92. The van der Waals surface area contributed by atoms with Crippen LogP contribution in [0.3, 0.4) is 0 Å². The summed E-state index contributed by atoms with van der Waals surface area (Å²) in [5, 5.41) is 17.4. The second-order valence-corrected chi connectivity index (χ2v) is 15.7. The van der Waals surface area contributed by atoms with Crippen molar-refractivity contribution in [3.8, 4) is 22.6 Å². The van der Waals surface area contributed by atoms with E-state index in [9.17, 15) is 0 Å². The zero-order chi connectivity index (χ0) is 37.9. The van der Waals surface area contributed by atoms with Crippen LogP contribution < -0.4 is 14.9 Å². The fraction of sp³-hybridized carbons (Fsp3) is 0.455. The molecule has 4 aromatic carbocycles. The highest BCUT2D eigenvalue weighted by atomic mass is 79.9. The van der Waals surface area contributed by atoms with Crippen LogP contribution in [0.15, 0.2) is 77.3 Å². The van der Waals surface area contributed by atoms with Gasteiger partial charge in [0.25, 0.3) is 0 Å². The van der Waals surface area contributed by atoms with Crippen LogP contribution >= 0.6 is 15.9 Å². The zero-order valence-electron chi connectivity index (χ0n) is 33.1. The number of hydrogen-bond acceptors (Lipinski definition) is 4. The van der Waals surface area contributed by atoms with Crippen LogP contribution in [0.2, 0.25) is 0 Å². The van der Waals surface area contributed by atoms with Crippen molar-refractivity contribution >= 4 is 28.5 Å². The van der Waals surface area contributed by atoms with Gasteiger partial charge in [0.15, 0.2) is 0 Å².